The Morgan fingerprint density at radius 3 is 0.926 bits per heavy atom. The van der Waals surface area contributed by atoms with E-state index in [4.69, 9.17) is 0 Å². The van der Waals surface area contributed by atoms with E-state index in [0.717, 1.165) is 119 Å². The van der Waals surface area contributed by atoms with E-state index in [1.807, 2.05) is 6.07 Å². The van der Waals surface area contributed by atoms with Crippen LogP contribution in [0, 0.1) is 0 Å². The molecule has 3 aliphatic rings. The van der Waals surface area contributed by atoms with Gasteiger partial charge in [0.1, 0.15) is 0 Å². The van der Waals surface area contributed by atoms with Crippen LogP contribution in [0.1, 0.15) is 255 Å². The highest BCUT2D eigenvalue weighted by atomic mass is 15.3. The summed E-state index contributed by atoms with van der Waals surface area (Å²) in [5.41, 5.74) is 32.3. The second-order valence-electron chi connectivity index (χ2n) is 43.0. The molecule has 14 aromatic carbocycles. The van der Waals surface area contributed by atoms with E-state index in [1.54, 1.807) is 4.57 Å². The maximum absolute atomic E-state index is 10.1. The van der Waals surface area contributed by atoms with E-state index in [0.29, 0.717) is 11.4 Å². The van der Waals surface area contributed by atoms with Crippen LogP contribution in [0.5, 0.6) is 0 Å². The summed E-state index contributed by atoms with van der Waals surface area (Å²) in [7, 11) is 0. The van der Waals surface area contributed by atoms with Gasteiger partial charge in [0.15, 0.2) is 0 Å². The third-order valence-electron chi connectivity index (χ3n) is 26.1. The number of rotatable bonds is 9. The van der Waals surface area contributed by atoms with E-state index in [1.165, 1.54) is 61.2 Å². The van der Waals surface area contributed by atoms with Crippen LogP contribution < -0.4 is 14.7 Å². The lowest BCUT2D eigenvalue weighted by Gasteiger charge is -2.49. The number of anilines is 9. The largest absolute Gasteiger partial charge is 0.309 e. The molecule has 1 aliphatic carbocycles. The van der Waals surface area contributed by atoms with Crippen LogP contribution in [0.25, 0.3) is 83.1 Å². The number of nitrogens with zero attached hydrogens (tertiary/aromatic N) is 4. The molecule has 4 heteroatoms. The number of hydrogen-bond acceptors (Lipinski definition) is 3. The molecule has 0 N–H and O–H groups in total. The van der Waals surface area contributed by atoms with E-state index in [2.05, 4.69) is 411 Å². The minimum atomic E-state index is -0.504. The Hall–Kier alpha value is -11.7. The second kappa shape index (κ2) is 29.0. The highest BCUT2D eigenvalue weighted by Crippen LogP contribution is 2.68. The number of para-hydroxylation sites is 2. The van der Waals surface area contributed by atoms with Gasteiger partial charge < -0.3 is 19.3 Å². The summed E-state index contributed by atoms with van der Waals surface area (Å²) >= 11 is 0. The summed E-state index contributed by atoms with van der Waals surface area (Å²) in [5.74, 6) is -0.339. The Morgan fingerprint density at radius 2 is 0.566 bits per heavy atom. The van der Waals surface area contributed by atoms with Crippen LogP contribution in [0.2, 0.25) is 0 Å². The maximum atomic E-state index is 10.1. The minimum Gasteiger partial charge on any atom is -0.309 e. The first-order valence-corrected chi connectivity index (χ1v) is 43.9. The molecule has 3 heterocycles. The van der Waals surface area contributed by atoms with Gasteiger partial charge in [-0.1, -0.05) is 372 Å². The molecule has 0 saturated heterocycles. The average Bonchev–Trinajstić information content (AvgIpc) is 0.859. The summed E-state index contributed by atoms with van der Waals surface area (Å²) in [6.45, 7) is 55.1. The van der Waals surface area contributed by atoms with Gasteiger partial charge in [0.25, 0.3) is 0 Å². The van der Waals surface area contributed by atoms with Crippen molar-refractivity contribution >= 4 is 73.0 Å². The zero-order chi connectivity index (χ0) is 93.2. The molecule has 15 aromatic rings. The Labute approximate surface area is 739 Å². The monoisotopic (exact) mass is 1600 g/mol. The molecule has 0 atom stereocenters. The Balaban J connectivity index is 1.10. The lowest BCUT2D eigenvalue weighted by molar-refractivity contribution is 0.569. The van der Waals surface area contributed by atoms with Gasteiger partial charge in [0.2, 0.25) is 0 Å². The van der Waals surface area contributed by atoms with Gasteiger partial charge in [-0.3, -0.25) is 0 Å². The van der Waals surface area contributed by atoms with Crippen molar-refractivity contribution in [1.29, 1.82) is 0 Å². The van der Waals surface area contributed by atoms with Crippen molar-refractivity contribution < 1.29 is 11.0 Å². The number of benzene rings is 14. The number of fused-ring (bicyclic) bond motifs is 9. The topological polar surface area (TPSA) is 14.7 Å². The molecule has 0 saturated carbocycles. The van der Waals surface area contributed by atoms with Crippen LogP contribution >= 0.6 is 0 Å². The quantitative estimate of drug-likeness (QED) is 0.143. The molecule has 122 heavy (non-hydrogen) atoms. The summed E-state index contributed by atoms with van der Waals surface area (Å²) in [4.78, 5) is 7.69. The standard InChI is InChI=1S/C118H122N4/c1-111(2,3)82-50-41-73(42-51-82)95-68-88(117(19,20)21)69-96(74-43-52-83(53-44-74)112(4,5)6)108(95)121-103-64-77(80-62-86(115(13,14)15)67-87(63-80)116(16,17)18)49-59-101(103)120-102-60-58-90(119-99-39-31-29-37-93(99)94-38-30-32-40-100(94)119)72-104(102)122(106-66-81(65-105(121)110(106)120)107-91-35-27-25-33-78(91)61-79-34-26-28-36-92(79)107)109-97(75-45-54-84(55-46-75)113(7,8)9)70-89(118(22,23)24)71-98(109)76-47-56-85(57-48-76)114(10,11)12/h25-60,62-72,107H,61H2,1-24H3/i29D,30D,31D,32D,37D,38D,39D,40D. The van der Waals surface area contributed by atoms with E-state index < -0.39 is 41.7 Å². The zero-order valence-corrected chi connectivity index (χ0v) is 76.1. The third kappa shape index (κ3) is 14.4. The molecule has 0 amide bonds. The van der Waals surface area contributed by atoms with Crippen LogP contribution in [0.15, 0.2) is 285 Å². The third-order valence-corrected chi connectivity index (χ3v) is 26.1. The van der Waals surface area contributed by atoms with Gasteiger partial charge in [0.05, 0.1) is 73.2 Å². The first-order valence-electron chi connectivity index (χ1n) is 47.9. The van der Waals surface area contributed by atoms with Gasteiger partial charge in [-0.2, -0.15) is 0 Å². The fraction of sp³-hybridized carbons (Fsp3) is 0.288. The van der Waals surface area contributed by atoms with Crippen LogP contribution in [-0.2, 0) is 49.7 Å². The summed E-state index contributed by atoms with van der Waals surface area (Å²) < 4.78 is 79.3. The maximum Gasteiger partial charge on any atom is 0.0948 e. The van der Waals surface area contributed by atoms with Crippen molar-refractivity contribution in [3.8, 4) is 61.3 Å². The molecule has 18 rings (SSSR count). The minimum absolute atomic E-state index is 0.00285. The molecule has 0 bridgehead atoms. The van der Waals surface area contributed by atoms with Crippen molar-refractivity contribution in [2.75, 3.05) is 14.7 Å². The fourth-order valence-corrected chi connectivity index (χ4v) is 18.7. The van der Waals surface area contributed by atoms with Crippen LogP contribution in [-0.4, -0.2) is 4.57 Å². The Bertz CT molecular complexity index is 6840. The number of aromatic nitrogens is 1. The zero-order valence-electron chi connectivity index (χ0n) is 84.1. The molecular weight excluding hydrogens is 1470 g/mol. The summed E-state index contributed by atoms with van der Waals surface area (Å²) in [5, 5.41) is 0.00569. The van der Waals surface area contributed by atoms with Gasteiger partial charge >= 0.3 is 0 Å². The van der Waals surface area contributed by atoms with Crippen molar-refractivity contribution in [3.63, 3.8) is 0 Å². The lowest BCUT2D eigenvalue weighted by atomic mass is 9.74. The molecule has 614 valence electrons. The van der Waals surface area contributed by atoms with Crippen molar-refractivity contribution in [3.05, 3.63) is 357 Å². The molecule has 0 fully saturated rings. The highest BCUT2D eigenvalue weighted by molar-refractivity contribution is 6.18. The predicted octanol–water partition coefficient (Wildman–Crippen LogP) is 33.6. The van der Waals surface area contributed by atoms with E-state index in [9.17, 15) is 11.0 Å². The average molecular weight is 1600 g/mol. The SMILES string of the molecule is [2H]c1c([2H])c([2H])c2c(c1[2H])c1c([2H])c([2H])c([2H])c([2H])c1n2-c1ccc2c(c1)N(c1c(-c3ccc(C(C)(C)C)cc3)cc(C(C)(C)C)cc1-c1ccc(C(C)(C)C)cc1)c1cc(C3c4ccccc4Cc4ccccc43)cc3c1N2c1ccc(-c2cc(C(C)(C)C)cc(C(C)(C)C)c2)cc1N3c1c(-c2ccc(C(C)(C)C)cc2)cc(C(C)(C)C)cc1-c1ccc(C(C)(C)C)cc1. The van der Waals surface area contributed by atoms with Gasteiger partial charge in [0, 0.05) is 44.6 Å². The highest BCUT2D eigenvalue weighted by Gasteiger charge is 2.45. The smallest absolute Gasteiger partial charge is 0.0948 e. The fourth-order valence-electron chi connectivity index (χ4n) is 18.7. The first kappa shape index (κ1) is 72.0. The van der Waals surface area contributed by atoms with Crippen molar-refractivity contribution in [1.82, 2.24) is 4.57 Å². The molecule has 1 aromatic heterocycles. The van der Waals surface area contributed by atoms with Crippen LogP contribution in [0.4, 0.5) is 51.2 Å². The van der Waals surface area contributed by atoms with Gasteiger partial charge in [-0.05, 0) is 234 Å². The molecular formula is C118H122N4. The van der Waals surface area contributed by atoms with E-state index >= 15 is 0 Å². The molecule has 0 unspecified atom stereocenters. The predicted molar refractivity (Wildman–Crippen MR) is 525 cm³/mol. The van der Waals surface area contributed by atoms with Crippen LogP contribution in [0.3, 0.4) is 0 Å². The van der Waals surface area contributed by atoms with Crippen molar-refractivity contribution in [2.24, 2.45) is 0 Å². The van der Waals surface area contributed by atoms with Gasteiger partial charge in [-0.25, -0.2) is 0 Å². The van der Waals surface area contributed by atoms with E-state index in [-0.39, 0.29) is 77.7 Å². The lowest BCUT2D eigenvalue weighted by Crippen LogP contribution is -2.32. The summed E-state index contributed by atoms with van der Waals surface area (Å²) in [6, 6.07) is 87.1. The summed E-state index contributed by atoms with van der Waals surface area (Å²) in [6.07, 6.45) is 0.748. The van der Waals surface area contributed by atoms with Crippen molar-refractivity contribution in [2.45, 2.75) is 222 Å². The Morgan fingerprint density at radius 1 is 0.254 bits per heavy atom. The molecule has 2 aliphatic heterocycles. The van der Waals surface area contributed by atoms with Gasteiger partial charge in [-0.15, -0.1) is 0 Å². The molecule has 4 nitrogen and oxygen atoms in total. The second-order valence-corrected chi connectivity index (χ2v) is 43.0. The normalized spacial score (nSPS) is 14.9. The molecule has 0 radical (unpaired) electrons. The number of hydrogen-bond donors (Lipinski definition) is 0. The Kier molecular flexibility index (Phi) is 17.1. The molecule has 0 spiro atoms. The first-order chi connectivity index (χ1) is 60.9.